The molecule has 0 aliphatic carbocycles. The zero-order valence-corrected chi connectivity index (χ0v) is 46.4. The molecule has 7 atom stereocenters. The SMILES string of the molecule is CCOP(=O)(OCC)C(F)(F)[C@H](C)[C@H](NC(=O)CNC(=O)[C@H](CCC(=O)O)NC(=O)CNC(C)=O)C(=O)N[C@@H](Cc1ccc(O)cc1)C(=O)NCC(=O)N[C@H](C(=O)N[C@H](C(=O)N[C@@H](Cc1ccc(O)cc1)C(N)=O)C(C)C)C(C)C. The monoisotopic (exact) mass is 1150 g/mol. The molecule has 0 fully saturated rings. The summed E-state index contributed by atoms with van der Waals surface area (Å²) in [5.74, 6) is -15.6. The van der Waals surface area contributed by atoms with Gasteiger partial charge < -0.3 is 78.0 Å². The lowest BCUT2D eigenvalue weighted by atomic mass is 9.98. The van der Waals surface area contributed by atoms with Crippen LogP contribution in [0.5, 0.6) is 11.5 Å². The number of carbonyl (C=O) groups excluding carboxylic acids is 10. The molecular weight excluding hydrogens is 1080 g/mol. The van der Waals surface area contributed by atoms with Gasteiger partial charge in [-0.25, -0.2) is 0 Å². The first-order valence-corrected chi connectivity index (χ1v) is 26.8. The Labute approximate surface area is 460 Å². The number of aromatic hydroxyl groups is 2. The standard InChI is InChI=1S/C50H73F2N10O17P/c1-9-78-80(77,79-10-2)50(51,52)28(7)43(61-39(68)25-55-45(72)34(19-20-40(69)70)57-37(66)23-54-29(8)63)49(76)59-36(22-31-13-17-33(65)18-14-31)46(73)56-24-38(67)60-41(26(3)4)48(75)62-42(27(5)6)47(74)58-35(44(53)71)21-30-11-15-32(64)16-12-30/h11-18,26-28,34-36,41-43,64-65H,9-10,19-25H2,1-8H3,(H2,53,71)(H,54,63)(H,55,72)(H,56,73)(H,57,66)(H,58,74)(H,59,76)(H,60,67)(H,61,68)(H,62,75)(H,69,70)/t28-,34+,35+,36+,41+,42+,43+/m1/s1. The first-order chi connectivity index (χ1) is 37.3. The molecule has 2 aromatic carbocycles. The van der Waals surface area contributed by atoms with Crippen LogP contribution in [-0.2, 0) is 79.2 Å². The number of hydrogen-bond acceptors (Lipinski definition) is 16. The van der Waals surface area contributed by atoms with E-state index in [2.05, 4.69) is 42.5 Å². The number of carboxylic acids is 1. The summed E-state index contributed by atoms with van der Waals surface area (Å²) in [6.07, 6.45) is -1.70. The Morgan fingerprint density at radius 1 is 0.562 bits per heavy atom. The van der Waals surface area contributed by atoms with Crippen molar-refractivity contribution in [3.8, 4) is 11.5 Å². The van der Waals surface area contributed by atoms with Crippen LogP contribution in [0, 0.1) is 17.8 Å². The lowest BCUT2D eigenvalue weighted by Crippen LogP contribution is -2.60. The molecule has 444 valence electrons. The van der Waals surface area contributed by atoms with Crippen molar-refractivity contribution in [2.24, 2.45) is 23.5 Å². The quantitative estimate of drug-likeness (QED) is 0.0386. The van der Waals surface area contributed by atoms with Crippen LogP contribution in [-0.4, -0.2) is 155 Å². The third kappa shape index (κ3) is 22.2. The van der Waals surface area contributed by atoms with E-state index in [1.165, 1.54) is 62.4 Å². The summed E-state index contributed by atoms with van der Waals surface area (Å²) in [7, 11) is -5.47. The van der Waals surface area contributed by atoms with Crippen molar-refractivity contribution in [3.05, 3.63) is 59.7 Å². The number of phenols is 2. The Bertz CT molecular complexity index is 2550. The van der Waals surface area contributed by atoms with E-state index in [9.17, 15) is 72.6 Å². The minimum atomic E-state index is -5.47. The van der Waals surface area contributed by atoms with Crippen molar-refractivity contribution in [2.75, 3.05) is 32.8 Å². The van der Waals surface area contributed by atoms with E-state index in [0.29, 0.717) is 12.5 Å². The molecule has 0 spiro atoms. The van der Waals surface area contributed by atoms with Crippen molar-refractivity contribution in [1.29, 1.82) is 0 Å². The first-order valence-electron chi connectivity index (χ1n) is 25.3. The van der Waals surface area contributed by atoms with Crippen molar-refractivity contribution < 1.29 is 90.5 Å². The van der Waals surface area contributed by atoms with Gasteiger partial charge in [-0.3, -0.25) is 57.3 Å². The summed E-state index contributed by atoms with van der Waals surface area (Å²) in [4.78, 5) is 143. The number of alkyl halides is 2. The number of aliphatic carboxylic acids is 1. The molecule has 2 aromatic rings. The first kappa shape index (κ1) is 68.3. The molecule has 0 aliphatic heterocycles. The highest BCUT2D eigenvalue weighted by atomic mass is 31.2. The minimum absolute atomic E-state index is 0.0327. The van der Waals surface area contributed by atoms with Gasteiger partial charge in [0.15, 0.2) is 0 Å². The molecule has 0 saturated carbocycles. The lowest BCUT2D eigenvalue weighted by molar-refractivity contribution is -0.138. The fourth-order valence-electron chi connectivity index (χ4n) is 7.44. The van der Waals surface area contributed by atoms with Crippen LogP contribution in [0.15, 0.2) is 48.5 Å². The number of carbonyl (C=O) groups is 11. The fraction of sp³-hybridized carbons (Fsp3) is 0.540. The Balaban J connectivity index is 2.44. The van der Waals surface area contributed by atoms with Gasteiger partial charge in [-0.2, -0.15) is 8.78 Å². The van der Waals surface area contributed by atoms with E-state index in [1.807, 2.05) is 5.32 Å². The molecule has 0 heterocycles. The summed E-state index contributed by atoms with van der Waals surface area (Å²) in [5, 5.41) is 49.4. The average Bonchev–Trinajstić information content (AvgIpc) is 3.38. The zero-order chi connectivity index (χ0) is 60.7. The number of carboxylic acid groups (broad SMARTS) is 1. The molecule has 0 saturated heterocycles. The summed E-state index contributed by atoms with van der Waals surface area (Å²) in [5.41, 5.74) is 1.79. The number of amides is 10. The second-order valence-corrected chi connectivity index (χ2v) is 21.0. The molecule has 14 N–H and O–H groups in total. The number of rotatable bonds is 34. The molecule has 0 unspecified atom stereocenters. The molecule has 0 bridgehead atoms. The highest BCUT2D eigenvalue weighted by Gasteiger charge is 2.60. The molecular formula is C50H73F2N10O17P. The topological polar surface area (TPSA) is 418 Å². The number of benzene rings is 2. The smallest absolute Gasteiger partial charge is 0.399 e. The number of phenolic OH excluding ortho intramolecular Hbond substituents is 2. The maximum absolute atomic E-state index is 16.5. The largest absolute Gasteiger partial charge is 0.508 e. The van der Waals surface area contributed by atoms with Gasteiger partial charge in [0.05, 0.1) is 38.8 Å². The van der Waals surface area contributed by atoms with Gasteiger partial charge in [0.25, 0.3) is 0 Å². The predicted molar refractivity (Wildman–Crippen MR) is 281 cm³/mol. The van der Waals surface area contributed by atoms with Crippen molar-refractivity contribution in [3.63, 3.8) is 0 Å². The Morgan fingerprint density at radius 2 is 0.950 bits per heavy atom. The summed E-state index contributed by atoms with van der Waals surface area (Å²) in [6, 6.07) is 1.21. The lowest BCUT2D eigenvalue weighted by Gasteiger charge is -2.34. The van der Waals surface area contributed by atoms with Crippen LogP contribution >= 0.6 is 7.60 Å². The average molecular weight is 1160 g/mol. The van der Waals surface area contributed by atoms with Crippen molar-refractivity contribution >= 4 is 72.6 Å². The normalized spacial score (nSPS) is 14.1. The van der Waals surface area contributed by atoms with Gasteiger partial charge in [0.1, 0.15) is 47.8 Å². The molecule has 0 radical (unpaired) electrons. The number of nitrogens with two attached hydrogens (primary N) is 1. The van der Waals surface area contributed by atoms with E-state index in [-0.39, 0.29) is 23.5 Å². The van der Waals surface area contributed by atoms with E-state index in [4.69, 9.17) is 14.8 Å². The van der Waals surface area contributed by atoms with Crippen molar-refractivity contribution in [2.45, 2.75) is 123 Å². The Kier molecular flexibility index (Phi) is 27.6. The van der Waals surface area contributed by atoms with E-state index in [0.717, 1.165) is 6.92 Å². The number of nitrogens with one attached hydrogen (secondary N) is 9. The zero-order valence-electron chi connectivity index (χ0n) is 45.5. The second kappa shape index (κ2) is 32.3. The Morgan fingerprint density at radius 3 is 1.39 bits per heavy atom. The van der Waals surface area contributed by atoms with Crippen molar-refractivity contribution in [1.82, 2.24) is 47.9 Å². The van der Waals surface area contributed by atoms with Crippen LogP contribution in [0.4, 0.5) is 8.78 Å². The summed E-state index contributed by atoms with van der Waals surface area (Å²) >= 11 is 0. The number of primary amides is 1. The maximum Gasteiger partial charge on any atom is 0.399 e. The summed E-state index contributed by atoms with van der Waals surface area (Å²) < 4.78 is 56.4. The van der Waals surface area contributed by atoms with Crippen LogP contribution in [0.2, 0.25) is 0 Å². The van der Waals surface area contributed by atoms with Gasteiger partial charge in [-0.05, 0) is 67.5 Å². The molecule has 2 rings (SSSR count). The van der Waals surface area contributed by atoms with E-state index < -0.39 is 184 Å². The van der Waals surface area contributed by atoms with Crippen LogP contribution in [0.25, 0.3) is 0 Å². The summed E-state index contributed by atoms with van der Waals surface area (Å²) in [6.45, 7) is 6.85. The maximum atomic E-state index is 16.5. The van der Waals surface area contributed by atoms with Crippen LogP contribution in [0.3, 0.4) is 0 Å². The highest BCUT2D eigenvalue weighted by Crippen LogP contribution is 2.65. The molecule has 80 heavy (non-hydrogen) atoms. The van der Waals surface area contributed by atoms with Gasteiger partial charge >= 0.3 is 19.2 Å². The molecule has 0 aliphatic rings. The minimum Gasteiger partial charge on any atom is -0.508 e. The highest BCUT2D eigenvalue weighted by molar-refractivity contribution is 7.55. The van der Waals surface area contributed by atoms with Gasteiger partial charge in [-0.1, -0.05) is 58.9 Å². The van der Waals surface area contributed by atoms with Gasteiger partial charge in [0.2, 0.25) is 59.1 Å². The van der Waals surface area contributed by atoms with Crippen LogP contribution < -0.4 is 53.6 Å². The molecule has 10 amide bonds. The van der Waals surface area contributed by atoms with E-state index in [1.54, 1.807) is 27.7 Å². The number of hydrogen-bond donors (Lipinski definition) is 13. The third-order valence-electron chi connectivity index (χ3n) is 11.8. The fourth-order valence-corrected chi connectivity index (χ4v) is 9.18. The third-order valence-corrected chi connectivity index (χ3v) is 14.1. The predicted octanol–water partition coefficient (Wildman–Crippen LogP) is -0.683. The van der Waals surface area contributed by atoms with Crippen LogP contribution in [0.1, 0.15) is 79.4 Å². The molecule has 27 nitrogen and oxygen atoms in total. The van der Waals surface area contributed by atoms with E-state index >= 15 is 8.78 Å². The second-order valence-electron chi connectivity index (χ2n) is 18.9. The van der Waals surface area contributed by atoms with Gasteiger partial charge in [0, 0.05) is 26.2 Å². The molecule has 30 heteroatoms. The van der Waals surface area contributed by atoms with Gasteiger partial charge in [-0.15, -0.1) is 0 Å². The molecule has 0 aromatic heterocycles. The number of halogens is 2. The Hall–Kier alpha value is -7.78.